The first-order valence-corrected chi connectivity index (χ1v) is 14.9. The highest BCUT2D eigenvalue weighted by atomic mass is 16.5. The number of hydrogen-bond acceptors (Lipinski definition) is 6. The molecule has 38 heavy (non-hydrogen) atoms. The van der Waals surface area contributed by atoms with E-state index in [0.29, 0.717) is 19.4 Å². The molecule has 0 aliphatic rings. The van der Waals surface area contributed by atoms with E-state index in [1.807, 2.05) is 0 Å². The van der Waals surface area contributed by atoms with Crippen LogP contribution in [-0.4, -0.2) is 60.4 Å². The molecule has 2 amide bonds. The minimum absolute atomic E-state index is 0.0140. The lowest BCUT2D eigenvalue weighted by Gasteiger charge is -2.27. The molecule has 0 heterocycles. The lowest BCUT2D eigenvalue weighted by molar-refractivity contribution is -0.144. The molecule has 0 aliphatic carbocycles. The van der Waals surface area contributed by atoms with Crippen LogP contribution in [0.15, 0.2) is 12.2 Å². The largest absolute Gasteiger partial charge is 0.466 e. The van der Waals surface area contributed by atoms with E-state index in [9.17, 15) is 24.6 Å². The second kappa shape index (κ2) is 24.1. The summed E-state index contributed by atoms with van der Waals surface area (Å²) < 4.78 is 5.10. The van der Waals surface area contributed by atoms with Crippen molar-refractivity contribution in [1.82, 2.24) is 10.6 Å². The molecule has 0 aromatic carbocycles. The number of aliphatic hydroxyl groups excluding tert-OH is 2. The van der Waals surface area contributed by atoms with Crippen molar-refractivity contribution >= 4 is 17.8 Å². The van der Waals surface area contributed by atoms with Gasteiger partial charge in [0.15, 0.2) is 0 Å². The highest BCUT2D eigenvalue weighted by Gasteiger charge is 2.32. The zero-order valence-electron chi connectivity index (χ0n) is 24.4. The topological polar surface area (TPSA) is 125 Å². The summed E-state index contributed by atoms with van der Waals surface area (Å²) >= 11 is 0. The smallest absolute Gasteiger partial charge is 0.307 e. The van der Waals surface area contributed by atoms with Crippen LogP contribution in [0.1, 0.15) is 124 Å². The Bertz CT molecular complexity index is 651. The standard InChI is InChI=1S/C30H56N2O6/c1-4-5-6-7-8-9-10-11-12-13-14-15-16-17-18-20-26(34)31-22-19-24-38-27(35)21-23-32-29(37)28(36)30(2,3)25-33/h11-12,28,33,36H,4-10,13-25H2,1-3H3,(H,31,34)(H,32,37). The Hall–Kier alpha value is -1.93. The van der Waals surface area contributed by atoms with E-state index in [4.69, 9.17) is 4.74 Å². The Balaban J connectivity index is 3.52. The molecule has 0 saturated carbocycles. The Morgan fingerprint density at radius 2 is 1.37 bits per heavy atom. The van der Waals surface area contributed by atoms with E-state index in [-0.39, 0.29) is 32.1 Å². The van der Waals surface area contributed by atoms with Crippen molar-refractivity contribution in [3.63, 3.8) is 0 Å². The summed E-state index contributed by atoms with van der Waals surface area (Å²) in [5, 5.41) is 24.4. The van der Waals surface area contributed by atoms with Crippen molar-refractivity contribution in [2.75, 3.05) is 26.3 Å². The molecule has 0 radical (unpaired) electrons. The number of nitrogens with one attached hydrogen (secondary N) is 2. The maximum Gasteiger partial charge on any atom is 0.307 e. The minimum Gasteiger partial charge on any atom is -0.466 e. The Morgan fingerprint density at radius 1 is 0.789 bits per heavy atom. The van der Waals surface area contributed by atoms with Gasteiger partial charge in [-0.1, -0.05) is 84.3 Å². The predicted octanol–water partition coefficient (Wildman–Crippen LogP) is 4.96. The van der Waals surface area contributed by atoms with Gasteiger partial charge in [-0.25, -0.2) is 0 Å². The summed E-state index contributed by atoms with van der Waals surface area (Å²) in [5.41, 5.74) is -0.959. The van der Waals surface area contributed by atoms with Crippen molar-refractivity contribution in [2.24, 2.45) is 5.41 Å². The average Bonchev–Trinajstić information content (AvgIpc) is 2.90. The number of carbonyl (C=O) groups excluding carboxylic acids is 3. The van der Waals surface area contributed by atoms with Gasteiger partial charge in [-0.2, -0.15) is 0 Å². The van der Waals surface area contributed by atoms with E-state index in [2.05, 4.69) is 29.7 Å². The van der Waals surface area contributed by atoms with Gasteiger partial charge in [-0.3, -0.25) is 14.4 Å². The van der Waals surface area contributed by atoms with Gasteiger partial charge in [-0.05, 0) is 38.5 Å². The quantitative estimate of drug-likeness (QED) is 0.0737. The molecule has 0 spiro atoms. The van der Waals surface area contributed by atoms with E-state index in [0.717, 1.165) is 25.7 Å². The maximum absolute atomic E-state index is 11.9. The predicted molar refractivity (Wildman–Crippen MR) is 153 cm³/mol. The van der Waals surface area contributed by atoms with Crippen molar-refractivity contribution < 1.29 is 29.3 Å². The van der Waals surface area contributed by atoms with Crippen molar-refractivity contribution in [1.29, 1.82) is 0 Å². The van der Waals surface area contributed by atoms with Gasteiger partial charge >= 0.3 is 5.97 Å². The average molecular weight is 541 g/mol. The third-order valence-corrected chi connectivity index (χ3v) is 6.60. The SMILES string of the molecule is CCCCCCCCC=CCCCCCCCC(=O)NCCCOC(=O)CCNC(=O)C(O)C(C)(C)CO. The van der Waals surface area contributed by atoms with Crippen LogP contribution in [0.25, 0.3) is 0 Å². The maximum atomic E-state index is 11.9. The van der Waals surface area contributed by atoms with Gasteiger partial charge in [0.25, 0.3) is 0 Å². The number of hydrogen-bond donors (Lipinski definition) is 4. The molecule has 0 aliphatic heterocycles. The molecule has 8 heteroatoms. The fourth-order valence-electron chi connectivity index (χ4n) is 3.83. The first-order chi connectivity index (χ1) is 18.2. The fraction of sp³-hybridized carbons (Fsp3) is 0.833. The fourth-order valence-corrected chi connectivity index (χ4v) is 3.83. The third kappa shape index (κ3) is 21.1. The van der Waals surface area contributed by atoms with Crippen LogP contribution in [0.4, 0.5) is 0 Å². The van der Waals surface area contributed by atoms with Crippen LogP contribution in [-0.2, 0) is 19.1 Å². The molecule has 4 N–H and O–H groups in total. The molecule has 0 aromatic rings. The monoisotopic (exact) mass is 540 g/mol. The number of ether oxygens (including phenoxy) is 1. The number of esters is 1. The van der Waals surface area contributed by atoms with Crippen LogP contribution in [0.3, 0.4) is 0 Å². The summed E-state index contributed by atoms with van der Waals surface area (Å²) in [7, 11) is 0. The molecular weight excluding hydrogens is 484 g/mol. The van der Waals surface area contributed by atoms with Crippen molar-refractivity contribution in [3.8, 4) is 0 Å². The molecule has 222 valence electrons. The molecule has 0 saturated heterocycles. The second-order valence-corrected chi connectivity index (χ2v) is 10.8. The van der Waals surface area contributed by atoms with Gasteiger partial charge in [-0.15, -0.1) is 0 Å². The highest BCUT2D eigenvalue weighted by Crippen LogP contribution is 2.19. The van der Waals surface area contributed by atoms with Crippen molar-refractivity contribution in [2.45, 2.75) is 130 Å². The normalized spacial score (nSPS) is 12.4. The van der Waals surface area contributed by atoms with Crippen molar-refractivity contribution in [3.05, 3.63) is 12.2 Å². The Labute approximate surface area is 231 Å². The molecule has 0 bridgehead atoms. The van der Waals surface area contributed by atoms with E-state index >= 15 is 0 Å². The third-order valence-electron chi connectivity index (χ3n) is 6.60. The van der Waals surface area contributed by atoms with Crippen LogP contribution >= 0.6 is 0 Å². The molecule has 1 unspecified atom stereocenters. The summed E-state index contributed by atoms with van der Waals surface area (Å²) in [5.74, 6) is -1.06. The number of allylic oxidation sites excluding steroid dienone is 2. The highest BCUT2D eigenvalue weighted by molar-refractivity contribution is 5.81. The van der Waals surface area contributed by atoms with E-state index in [1.165, 1.54) is 57.8 Å². The Morgan fingerprint density at radius 3 is 1.97 bits per heavy atom. The zero-order chi connectivity index (χ0) is 28.5. The van der Waals surface area contributed by atoms with Crippen LogP contribution in [0, 0.1) is 5.41 Å². The van der Waals surface area contributed by atoms with E-state index < -0.39 is 23.4 Å². The number of carbonyl (C=O) groups is 3. The molecular formula is C30H56N2O6. The number of aliphatic hydroxyl groups is 2. The lowest BCUT2D eigenvalue weighted by Crippen LogP contribution is -2.46. The first kappa shape index (κ1) is 36.1. The molecule has 0 rings (SSSR count). The van der Waals surface area contributed by atoms with Crippen LogP contribution < -0.4 is 10.6 Å². The van der Waals surface area contributed by atoms with Gasteiger partial charge < -0.3 is 25.6 Å². The van der Waals surface area contributed by atoms with Gasteiger partial charge in [0.2, 0.25) is 11.8 Å². The molecule has 1 atom stereocenters. The summed E-state index contributed by atoms with van der Waals surface area (Å²) in [4.78, 5) is 35.5. The molecule has 0 aromatic heterocycles. The van der Waals surface area contributed by atoms with Gasteiger partial charge in [0.05, 0.1) is 19.6 Å². The zero-order valence-corrected chi connectivity index (χ0v) is 24.4. The number of unbranched alkanes of at least 4 members (excludes halogenated alkanes) is 11. The van der Waals surface area contributed by atoms with E-state index in [1.54, 1.807) is 13.8 Å². The number of rotatable bonds is 25. The second-order valence-electron chi connectivity index (χ2n) is 10.8. The summed E-state index contributed by atoms with van der Waals surface area (Å²) in [6, 6.07) is 0. The first-order valence-electron chi connectivity index (χ1n) is 14.9. The Kier molecular flexibility index (Phi) is 22.9. The summed E-state index contributed by atoms with van der Waals surface area (Å²) in [6.45, 7) is 5.75. The van der Waals surface area contributed by atoms with Gasteiger partial charge in [0, 0.05) is 24.9 Å². The molecule has 8 nitrogen and oxygen atoms in total. The summed E-state index contributed by atoms with van der Waals surface area (Å²) in [6.07, 6.45) is 20.3. The van der Waals surface area contributed by atoms with Crippen LogP contribution in [0.2, 0.25) is 0 Å². The number of amides is 2. The minimum atomic E-state index is -1.36. The van der Waals surface area contributed by atoms with Gasteiger partial charge in [0.1, 0.15) is 6.10 Å². The molecule has 0 fully saturated rings. The lowest BCUT2D eigenvalue weighted by atomic mass is 9.87. The van der Waals surface area contributed by atoms with Crippen LogP contribution in [0.5, 0.6) is 0 Å².